The second-order valence-corrected chi connectivity index (χ2v) is 7.85. The third-order valence-electron chi connectivity index (χ3n) is 6.31. The summed E-state index contributed by atoms with van der Waals surface area (Å²) < 4.78 is 11.6. The van der Waals surface area contributed by atoms with E-state index in [1.165, 1.54) is 16.7 Å². The zero-order chi connectivity index (χ0) is 17.4. The lowest BCUT2D eigenvalue weighted by molar-refractivity contribution is -0.142. The fraction of sp³-hybridized carbons (Fsp3) is 0.667. The van der Waals surface area contributed by atoms with Gasteiger partial charge in [-0.1, -0.05) is 23.8 Å². The second kappa shape index (κ2) is 6.73. The van der Waals surface area contributed by atoms with Gasteiger partial charge in [0.25, 0.3) is 5.91 Å². The van der Waals surface area contributed by atoms with Crippen LogP contribution in [0.15, 0.2) is 18.2 Å². The van der Waals surface area contributed by atoms with Gasteiger partial charge in [0.05, 0.1) is 6.10 Å². The Kier molecular flexibility index (Phi) is 4.59. The molecule has 2 atom stereocenters. The molecule has 2 heterocycles. The molecule has 2 aliphatic heterocycles. The topological polar surface area (TPSA) is 38.8 Å². The van der Waals surface area contributed by atoms with Crippen LogP contribution in [0.5, 0.6) is 0 Å². The predicted molar refractivity (Wildman–Crippen MR) is 96.6 cm³/mol. The van der Waals surface area contributed by atoms with Crippen molar-refractivity contribution < 1.29 is 14.3 Å². The van der Waals surface area contributed by atoms with Crippen molar-refractivity contribution >= 4 is 5.91 Å². The van der Waals surface area contributed by atoms with E-state index < -0.39 is 0 Å². The summed E-state index contributed by atoms with van der Waals surface area (Å²) in [6.45, 7) is 7.39. The van der Waals surface area contributed by atoms with Gasteiger partial charge in [-0.3, -0.25) is 4.79 Å². The zero-order valence-electron chi connectivity index (χ0n) is 15.4. The molecule has 4 nitrogen and oxygen atoms in total. The van der Waals surface area contributed by atoms with Crippen molar-refractivity contribution in [3.8, 4) is 0 Å². The molecule has 0 radical (unpaired) electrons. The van der Waals surface area contributed by atoms with Crippen molar-refractivity contribution in [1.82, 2.24) is 4.90 Å². The van der Waals surface area contributed by atoms with E-state index in [-0.39, 0.29) is 23.5 Å². The largest absolute Gasteiger partial charge is 0.374 e. The Labute approximate surface area is 150 Å². The van der Waals surface area contributed by atoms with Crippen LogP contribution in [-0.4, -0.2) is 43.2 Å². The van der Waals surface area contributed by atoms with E-state index in [1.54, 1.807) is 0 Å². The molecular formula is C21H29NO3. The number of rotatable bonds is 3. The monoisotopic (exact) mass is 343 g/mol. The first-order valence-corrected chi connectivity index (χ1v) is 9.76. The van der Waals surface area contributed by atoms with E-state index in [2.05, 4.69) is 32.0 Å². The average molecular weight is 343 g/mol. The van der Waals surface area contributed by atoms with Crippen LogP contribution in [0.1, 0.15) is 61.8 Å². The van der Waals surface area contributed by atoms with Crippen LogP contribution in [0.25, 0.3) is 0 Å². The number of carbonyl (C=O) groups excluding carboxylic acids is 1. The molecule has 4 rings (SSSR count). The summed E-state index contributed by atoms with van der Waals surface area (Å²) in [6, 6.07) is 6.80. The molecule has 136 valence electrons. The minimum absolute atomic E-state index is 0.175. The molecule has 0 N–H and O–H groups in total. The Bertz CT molecular complexity index is 643. The van der Waals surface area contributed by atoms with Crippen LogP contribution in [0.3, 0.4) is 0 Å². The second-order valence-electron chi connectivity index (χ2n) is 7.85. The Morgan fingerprint density at radius 1 is 1.36 bits per heavy atom. The number of nitrogens with zero attached hydrogens (tertiary/aromatic N) is 1. The number of hydrogen-bond donors (Lipinski definition) is 0. The molecular weight excluding hydrogens is 314 g/mol. The standard InChI is InChI=1S/C21H29NO3/c1-3-24-19-14-21(17-13-15(2)6-7-16(17)19)8-10-22(11-9-21)20(23)18-5-4-12-25-18/h6-7,13,18-19H,3-5,8-12,14H2,1-2H3/t18-,19+/m1/s1. The van der Waals surface area contributed by atoms with Gasteiger partial charge < -0.3 is 14.4 Å². The minimum atomic E-state index is -0.191. The highest BCUT2D eigenvalue weighted by molar-refractivity contribution is 5.81. The summed E-state index contributed by atoms with van der Waals surface area (Å²) in [5.74, 6) is 0.205. The molecule has 3 aliphatic rings. The zero-order valence-corrected chi connectivity index (χ0v) is 15.4. The molecule has 0 bridgehead atoms. The number of ether oxygens (including phenoxy) is 2. The van der Waals surface area contributed by atoms with Gasteiger partial charge in [0.15, 0.2) is 0 Å². The van der Waals surface area contributed by atoms with Crippen molar-refractivity contribution in [2.45, 2.75) is 63.6 Å². The number of benzene rings is 1. The van der Waals surface area contributed by atoms with Crippen LogP contribution < -0.4 is 0 Å². The van der Waals surface area contributed by atoms with Crippen LogP contribution in [0, 0.1) is 6.92 Å². The predicted octanol–water partition coefficient (Wildman–Crippen LogP) is 3.52. The van der Waals surface area contributed by atoms with E-state index in [0.29, 0.717) is 0 Å². The molecule has 1 aliphatic carbocycles. The smallest absolute Gasteiger partial charge is 0.251 e. The van der Waals surface area contributed by atoms with Gasteiger partial charge >= 0.3 is 0 Å². The number of hydrogen-bond acceptors (Lipinski definition) is 3. The Balaban J connectivity index is 1.52. The summed E-state index contributed by atoms with van der Waals surface area (Å²) in [6.07, 6.45) is 5.04. The lowest BCUT2D eigenvalue weighted by atomic mass is 9.73. The minimum Gasteiger partial charge on any atom is -0.374 e. The van der Waals surface area contributed by atoms with Crippen molar-refractivity contribution in [2.24, 2.45) is 0 Å². The first kappa shape index (κ1) is 17.0. The summed E-state index contributed by atoms with van der Waals surface area (Å²) in [4.78, 5) is 14.7. The molecule has 1 spiro atoms. The quantitative estimate of drug-likeness (QED) is 0.843. The molecule has 2 saturated heterocycles. The summed E-state index contributed by atoms with van der Waals surface area (Å²) in [7, 11) is 0. The number of piperidine rings is 1. The Hall–Kier alpha value is -1.39. The fourth-order valence-corrected chi connectivity index (χ4v) is 4.94. The van der Waals surface area contributed by atoms with E-state index in [0.717, 1.165) is 58.4 Å². The fourth-order valence-electron chi connectivity index (χ4n) is 4.94. The van der Waals surface area contributed by atoms with Gasteiger partial charge in [-0.15, -0.1) is 0 Å². The maximum absolute atomic E-state index is 12.6. The average Bonchev–Trinajstić information content (AvgIpc) is 3.24. The van der Waals surface area contributed by atoms with Crippen molar-refractivity contribution in [2.75, 3.05) is 26.3 Å². The number of likely N-dealkylation sites (tertiary alicyclic amines) is 1. The highest BCUT2D eigenvalue weighted by Gasteiger charge is 2.47. The van der Waals surface area contributed by atoms with Gasteiger partial charge in [0.1, 0.15) is 6.10 Å². The van der Waals surface area contributed by atoms with Crippen molar-refractivity contribution in [3.63, 3.8) is 0 Å². The molecule has 4 heteroatoms. The molecule has 0 saturated carbocycles. The molecule has 1 aromatic carbocycles. The molecule has 0 aromatic heterocycles. The van der Waals surface area contributed by atoms with Crippen molar-refractivity contribution in [3.05, 3.63) is 34.9 Å². The summed E-state index contributed by atoms with van der Waals surface area (Å²) in [5.41, 5.74) is 4.32. The van der Waals surface area contributed by atoms with E-state index in [1.807, 2.05) is 4.90 Å². The first-order valence-electron chi connectivity index (χ1n) is 9.76. The normalized spacial score (nSPS) is 27.7. The van der Waals surface area contributed by atoms with Gasteiger partial charge in [0.2, 0.25) is 0 Å². The molecule has 25 heavy (non-hydrogen) atoms. The summed E-state index contributed by atoms with van der Waals surface area (Å²) in [5, 5.41) is 0. The summed E-state index contributed by atoms with van der Waals surface area (Å²) >= 11 is 0. The number of aryl methyl sites for hydroxylation is 1. The third kappa shape index (κ3) is 3.00. The maximum atomic E-state index is 12.6. The highest BCUT2D eigenvalue weighted by Crippen LogP contribution is 2.52. The van der Waals surface area contributed by atoms with Gasteiger partial charge in [0, 0.05) is 31.7 Å². The van der Waals surface area contributed by atoms with E-state index in [9.17, 15) is 4.79 Å². The molecule has 0 unspecified atom stereocenters. The lowest BCUT2D eigenvalue weighted by Crippen LogP contribution is -2.47. The maximum Gasteiger partial charge on any atom is 0.251 e. The van der Waals surface area contributed by atoms with Gasteiger partial charge in [-0.2, -0.15) is 0 Å². The van der Waals surface area contributed by atoms with Crippen molar-refractivity contribution in [1.29, 1.82) is 0 Å². The van der Waals surface area contributed by atoms with Crippen LogP contribution in [0.2, 0.25) is 0 Å². The molecule has 1 aromatic rings. The highest BCUT2D eigenvalue weighted by atomic mass is 16.5. The van der Waals surface area contributed by atoms with E-state index >= 15 is 0 Å². The molecule has 1 amide bonds. The SMILES string of the molecule is CCO[C@H]1CC2(CCN(C(=O)[C@H]3CCCO3)CC2)c2cc(C)ccc21. The Morgan fingerprint density at radius 2 is 2.16 bits per heavy atom. The number of carbonyl (C=O) groups is 1. The third-order valence-corrected chi connectivity index (χ3v) is 6.31. The number of amides is 1. The first-order chi connectivity index (χ1) is 12.1. The van der Waals surface area contributed by atoms with Gasteiger partial charge in [-0.25, -0.2) is 0 Å². The molecule has 2 fully saturated rings. The van der Waals surface area contributed by atoms with Crippen LogP contribution in [-0.2, 0) is 19.7 Å². The van der Waals surface area contributed by atoms with Gasteiger partial charge in [-0.05, 0) is 57.1 Å². The van der Waals surface area contributed by atoms with E-state index in [4.69, 9.17) is 9.47 Å². The van der Waals surface area contributed by atoms with Crippen LogP contribution in [0.4, 0.5) is 0 Å². The van der Waals surface area contributed by atoms with Crippen LogP contribution >= 0.6 is 0 Å². The number of fused-ring (bicyclic) bond motifs is 2. The Morgan fingerprint density at radius 3 is 2.84 bits per heavy atom. The lowest BCUT2D eigenvalue weighted by Gasteiger charge is -2.41.